The lowest BCUT2D eigenvalue weighted by Gasteiger charge is -2.29. The van der Waals surface area contributed by atoms with E-state index in [4.69, 9.17) is 5.73 Å². The third-order valence-corrected chi connectivity index (χ3v) is 4.39. The van der Waals surface area contributed by atoms with E-state index in [1.807, 2.05) is 0 Å². The molecule has 0 radical (unpaired) electrons. The van der Waals surface area contributed by atoms with Crippen molar-refractivity contribution in [1.82, 2.24) is 0 Å². The Bertz CT molecular complexity index is 239. The van der Waals surface area contributed by atoms with Crippen LogP contribution < -0.4 is 5.73 Å². The van der Waals surface area contributed by atoms with Crippen LogP contribution in [0.5, 0.6) is 0 Å². The number of nitrogens with two attached hydrogens (primary N) is 1. The van der Waals surface area contributed by atoms with Crippen molar-refractivity contribution in [2.24, 2.45) is 35.3 Å². The molecule has 4 bridgehead atoms. The molecule has 4 rings (SSSR count). The zero-order chi connectivity index (χ0) is 8.29. The fourth-order valence-electron chi connectivity index (χ4n) is 4.18. The van der Waals surface area contributed by atoms with E-state index < -0.39 is 0 Å². The van der Waals surface area contributed by atoms with Crippen LogP contribution in [0.4, 0.5) is 0 Å². The third kappa shape index (κ3) is 1.11. The average Bonchev–Trinajstić information content (AvgIpc) is 2.38. The smallest absolute Gasteiger partial charge is 0.221 e. The van der Waals surface area contributed by atoms with Crippen molar-refractivity contribution in [3.63, 3.8) is 0 Å². The minimum Gasteiger partial charge on any atom is -0.369 e. The van der Waals surface area contributed by atoms with Crippen LogP contribution in [0, 0.1) is 29.6 Å². The molecular formula is C10H16ClNO. The van der Waals surface area contributed by atoms with E-state index in [-0.39, 0.29) is 24.2 Å². The molecule has 4 saturated carbocycles. The standard InChI is InChI=1S/C10H15NO.ClH/c11-10(12)9-7-2-5-1-6(4-7)8(9)3-5;/h5-9H,1-4H2,(H2,11,12);1H. The van der Waals surface area contributed by atoms with Crippen molar-refractivity contribution < 1.29 is 4.79 Å². The number of amides is 1. The second-order valence-corrected chi connectivity index (χ2v) is 4.92. The third-order valence-electron chi connectivity index (χ3n) is 4.39. The lowest BCUT2D eigenvalue weighted by Crippen LogP contribution is -2.34. The van der Waals surface area contributed by atoms with Gasteiger partial charge >= 0.3 is 0 Å². The van der Waals surface area contributed by atoms with Crippen LogP contribution in [0.1, 0.15) is 25.7 Å². The van der Waals surface area contributed by atoms with Crippen molar-refractivity contribution in [3.8, 4) is 0 Å². The summed E-state index contributed by atoms with van der Waals surface area (Å²) in [6, 6.07) is 0. The molecule has 4 fully saturated rings. The Morgan fingerprint density at radius 1 is 1.08 bits per heavy atom. The summed E-state index contributed by atoms with van der Waals surface area (Å²) in [4.78, 5) is 11.2. The van der Waals surface area contributed by atoms with Gasteiger partial charge in [0.1, 0.15) is 0 Å². The van der Waals surface area contributed by atoms with Gasteiger partial charge in [-0.05, 0) is 49.4 Å². The highest BCUT2D eigenvalue weighted by atomic mass is 35.5. The summed E-state index contributed by atoms with van der Waals surface area (Å²) in [6.07, 6.45) is 5.29. The van der Waals surface area contributed by atoms with Crippen LogP contribution in [0.15, 0.2) is 0 Å². The monoisotopic (exact) mass is 201 g/mol. The summed E-state index contributed by atoms with van der Waals surface area (Å²) in [6.45, 7) is 0. The number of hydrogen-bond donors (Lipinski definition) is 1. The lowest BCUT2D eigenvalue weighted by molar-refractivity contribution is -0.125. The van der Waals surface area contributed by atoms with E-state index in [0.29, 0.717) is 11.8 Å². The molecule has 74 valence electrons. The molecule has 2 N–H and O–H groups in total. The Morgan fingerprint density at radius 2 is 1.77 bits per heavy atom. The van der Waals surface area contributed by atoms with Gasteiger partial charge in [0.05, 0.1) is 0 Å². The van der Waals surface area contributed by atoms with Crippen molar-refractivity contribution >= 4 is 18.3 Å². The predicted octanol–water partition coefficient (Wildman–Crippen LogP) is 1.58. The van der Waals surface area contributed by atoms with Crippen molar-refractivity contribution in [1.29, 1.82) is 0 Å². The van der Waals surface area contributed by atoms with Gasteiger partial charge in [0.2, 0.25) is 5.91 Å². The van der Waals surface area contributed by atoms with E-state index in [2.05, 4.69) is 0 Å². The van der Waals surface area contributed by atoms with Crippen molar-refractivity contribution in [2.75, 3.05) is 0 Å². The predicted molar refractivity (Wildman–Crippen MR) is 52.4 cm³/mol. The average molecular weight is 202 g/mol. The first-order chi connectivity index (χ1) is 5.75. The van der Waals surface area contributed by atoms with Gasteiger partial charge in [0.15, 0.2) is 0 Å². The summed E-state index contributed by atoms with van der Waals surface area (Å²) < 4.78 is 0. The molecule has 0 saturated heterocycles. The summed E-state index contributed by atoms with van der Waals surface area (Å²) in [5.74, 6) is 3.42. The first-order valence-electron chi connectivity index (χ1n) is 5.05. The Kier molecular flexibility index (Phi) is 2.06. The first kappa shape index (κ1) is 9.32. The fraction of sp³-hybridized carbons (Fsp3) is 0.900. The second-order valence-electron chi connectivity index (χ2n) is 4.92. The molecule has 4 aliphatic carbocycles. The van der Waals surface area contributed by atoms with E-state index in [1.165, 1.54) is 25.7 Å². The second kappa shape index (κ2) is 2.88. The Hall–Kier alpha value is -0.240. The molecule has 0 spiro atoms. The maximum Gasteiger partial charge on any atom is 0.221 e. The maximum absolute atomic E-state index is 11.2. The van der Waals surface area contributed by atoms with Gasteiger partial charge in [-0.1, -0.05) is 0 Å². The summed E-state index contributed by atoms with van der Waals surface area (Å²) in [5, 5.41) is 0. The number of carbonyl (C=O) groups is 1. The van der Waals surface area contributed by atoms with E-state index in [0.717, 1.165) is 11.8 Å². The number of hydrogen-bond acceptors (Lipinski definition) is 1. The summed E-state index contributed by atoms with van der Waals surface area (Å²) in [5.41, 5.74) is 5.43. The Morgan fingerprint density at radius 3 is 2.38 bits per heavy atom. The molecule has 0 aromatic rings. The molecule has 3 heteroatoms. The Labute approximate surface area is 84.7 Å². The lowest BCUT2D eigenvalue weighted by atomic mass is 9.75. The van der Waals surface area contributed by atoms with Crippen molar-refractivity contribution in [3.05, 3.63) is 0 Å². The molecule has 0 aromatic heterocycles. The van der Waals surface area contributed by atoms with Crippen LogP contribution in [0.3, 0.4) is 0 Å². The minimum atomic E-state index is -0.0205. The van der Waals surface area contributed by atoms with Gasteiger partial charge in [-0.25, -0.2) is 0 Å². The highest BCUT2D eigenvalue weighted by molar-refractivity contribution is 5.85. The van der Waals surface area contributed by atoms with E-state index >= 15 is 0 Å². The van der Waals surface area contributed by atoms with Crippen LogP contribution in [0.2, 0.25) is 0 Å². The van der Waals surface area contributed by atoms with Gasteiger partial charge < -0.3 is 5.73 Å². The zero-order valence-electron chi connectivity index (χ0n) is 7.61. The van der Waals surface area contributed by atoms with Crippen LogP contribution in [-0.4, -0.2) is 5.91 Å². The van der Waals surface area contributed by atoms with E-state index in [9.17, 15) is 4.79 Å². The summed E-state index contributed by atoms with van der Waals surface area (Å²) in [7, 11) is 0. The fourth-order valence-corrected chi connectivity index (χ4v) is 4.18. The van der Waals surface area contributed by atoms with Crippen LogP contribution in [0.25, 0.3) is 0 Å². The maximum atomic E-state index is 11.2. The molecule has 1 amide bonds. The minimum absolute atomic E-state index is 0. The number of rotatable bonds is 1. The van der Waals surface area contributed by atoms with Crippen LogP contribution >= 0.6 is 12.4 Å². The normalized spacial score (nSPS) is 50.6. The first-order valence-corrected chi connectivity index (χ1v) is 5.05. The highest BCUT2D eigenvalue weighted by Gasteiger charge is 2.55. The van der Waals surface area contributed by atoms with Crippen molar-refractivity contribution in [2.45, 2.75) is 25.7 Å². The van der Waals surface area contributed by atoms with Gasteiger partial charge in [0.25, 0.3) is 0 Å². The molecule has 13 heavy (non-hydrogen) atoms. The van der Waals surface area contributed by atoms with E-state index in [1.54, 1.807) is 0 Å². The topological polar surface area (TPSA) is 43.1 Å². The highest BCUT2D eigenvalue weighted by Crippen LogP contribution is 2.60. The van der Waals surface area contributed by atoms with Gasteiger partial charge in [-0.15, -0.1) is 12.4 Å². The molecule has 5 atom stereocenters. The number of halogens is 1. The molecule has 0 aliphatic heterocycles. The zero-order valence-corrected chi connectivity index (χ0v) is 8.43. The summed E-state index contributed by atoms with van der Waals surface area (Å²) >= 11 is 0. The van der Waals surface area contributed by atoms with Gasteiger partial charge in [-0.2, -0.15) is 0 Å². The largest absolute Gasteiger partial charge is 0.369 e. The quantitative estimate of drug-likeness (QED) is 0.688. The number of carbonyl (C=O) groups excluding carboxylic acids is 1. The van der Waals surface area contributed by atoms with Gasteiger partial charge in [-0.3, -0.25) is 4.79 Å². The molecular weight excluding hydrogens is 186 g/mol. The molecule has 2 nitrogen and oxygen atoms in total. The van der Waals surface area contributed by atoms with Crippen LogP contribution in [-0.2, 0) is 4.79 Å². The molecule has 4 aliphatic rings. The SMILES string of the molecule is Cl.NC(=O)C1C2CC3CC(C2)C1C3. The Balaban J connectivity index is 0.000000653. The van der Waals surface area contributed by atoms with Gasteiger partial charge in [0, 0.05) is 5.92 Å². The molecule has 5 unspecified atom stereocenters. The molecule has 0 aromatic carbocycles. The number of primary amides is 1. The molecule has 0 heterocycles.